The molecule has 0 radical (unpaired) electrons. The summed E-state index contributed by atoms with van der Waals surface area (Å²) < 4.78 is 11.1. The molecule has 0 amide bonds. The molecule has 1 aromatic rings. The lowest BCUT2D eigenvalue weighted by Gasteiger charge is -2.21. The predicted octanol–water partition coefficient (Wildman–Crippen LogP) is 3.55. The molecule has 1 fully saturated rings. The van der Waals surface area contributed by atoms with Crippen molar-refractivity contribution in [2.24, 2.45) is 5.92 Å². The van der Waals surface area contributed by atoms with Crippen molar-refractivity contribution in [1.82, 2.24) is 5.32 Å². The molecule has 0 aromatic heterocycles. The van der Waals surface area contributed by atoms with Crippen LogP contribution in [0.1, 0.15) is 44.7 Å². The zero-order valence-electron chi connectivity index (χ0n) is 12.7. The zero-order chi connectivity index (χ0) is 14.2. The smallest absolute Gasteiger partial charge is 0.119 e. The number of nitrogens with one attached hydrogen (secondary N) is 1. The van der Waals surface area contributed by atoms with E-state index in [9.17, 15) is 0 Å². The van der Waals surface area contributed by atoms with Crippen LogP contribution in [0.5, 0.6) is 5.75 Å². The quantitative estimate of drug-likeness (QED) is 0.788. The molecular formula is C17H27NO2. The lowest BCUT2D eigenvalue weighted by molar-refractivity contribution is 0.181. The summed E-state index contributed by atoms with van der Waals surface area (Å²) in [6, 6.07) is 8.97. The summed E-state index contributed by atoms with van der Waals surface area (Å²) in [6.45, 7) is 7.91. The Kier molecular flexibility index (Phi) is 6.34. The summed E-state index contributed by atoms with van der Waals surface area (Å²) in [4.78, 5) is 0. The highest BCUT2D eigenvalue weighted by molar-refractivity contribution is 5.29. The van der Waals surface area contributed by atoms with Gasteiger partial charge in [0.25, 0.3) is 0 Å². The largest absolute Gasteiger partial charge is 0.494 e. The number of ether oxygens (including phenoxy) is 2. The Morgan fingerprint density at radius 2 is 2.10 bits per heavy atom. The molecular weight excluding hydrogens is 250 g/mol. The van der Waals surface area contributed by atoms with Crippen LogP contribution in [0.25, 0.3) is 0 Å². The Labute approximate surface area is 122 Å². The molecule has 3 nitrogen and oxygen atoms in total. The fraction of sp³-hybridized carbons (Fsp3) is 0.647. The zero-order valence-corrected chi connectivity index (χ0v) is 12.7. The van der Waals surface area contributed by atoms with Crippen LogP contribution in [0, 0.1) is 5.92 Å². The minimum atomic E-state index is 0.423. The van der Waals surface area contributed by atoms with Gasteiger partial charge in [-0.25, -0.2) is 0 Å². The third-order valence-corrected chi connectivity index (χ3v) is 3.80. The van der Waals surface area contributed by atoms with Crippen molar-refractivity contribution in [3.8, 4) is 5.75 Å². The Balaban J connectivity index is 1.96. The first-order valence-corrected chi connectivity index (χ1v) is 7.87. The van der Waals surface area contributed by atoms with Crippen molar-refractivity contribution in [2.75, 3.05) is 26.4 Å². The molecule has 0 saturated carbocycles. The van der Waals surface area contributed by atoms with Gasteiger partial charge in [0.05, 0.1) is 6.61 Å². The van der Waals surface area contributed by atoms with Gasteiger partial charge in [-0.2, -0.15) is 0 Å². The van der Waals surface area contributed by atoms with Crippen molar-refractivity contribution in [3.63, 3.8) is 0 Å². The van der Waals surface area contributed by atoms with Crippen molar-refractivity contribution in [1.29, 1.82) is 0 Å². The molecule has 1 heterocycles. The van der Waals surface area contributed by atoms with E-state index in [4.69, 9.17) is 9.47 Å². The third-order valence-electron chi connectivity index (χ3n) is 3.80. The monoisotopic (exact) mass is 277 g/mol. The second-order valence-electron chi connectivity index (χ2n) is 5.49. The van der Waals surface area contributed by atoms with E-state index in [0.717, 1.165) is 45.0 Å². The SMILES string of the molecule is CCCOc1ccc(C(CC2CCOC2)NCC)cc1. The number of hydrogen-bond donors (Lipinski definition) is 1. The molecule has 0 spiro atoms. The lowest BCUT2D eigenvalue weighted by Crippen LogP contribution is -2.23. The van der Waals surface area contributed by atoms with Gasteiger partial charge in [0.15, 0.2) is 0 Å². The maximum Gasteiger partial charge on any atom is 0.119 e. The molecule has 112 valence electrons. The molecule has 1 aliphatic rings. The Hall–Kier alpha value is -1.06. The number of hydrogen-bond acceptors (Lipinski definition) is 3. The van der Waals surface area contributed by atoms with Gasteiger partial charge in [-0.15, -0.1) is 0 Å². The predicted molar refractivity (Wildman–Crippen MR) is 82.2 cm³/mol. The molecule has 1 aromatic carbocycles. The fourth-order valence-corrected chi connectivity index (χ4v) is 2.70. The van der Waals surface area contributed by atoms with E-state index >= 15 is 0 Å². The second kappa shape index (κ2) is 8.28. The highest BCUT2D eigenvalue weighted by Crippen LogP contribution is 2.27. The molecule has 1 saturated heterocycles. The summed E-state index contributed by atoms with van der Waals surface area (Å²) in [5.74, 6) is 1.66. The number of benzene rings is 1. The highest BCUT2D eigenvalue weighted by atomic mass is 16.5. The molecule has 20 heavy (non-hydrogen) atoms. The summed E-state index contributed by atoms with van der Waals surface area (Å²) in [6.07, 6.45) is 3.39. The van der Waals surface area contributed by atoms with E-state index in [1.165, 1.54) is 12.0 Å². The van der Waals surface area contributed by atoms with Crippen molar-refractivity contribution in [2.45, 2.75) is 39.2 Å². The van der Waals surface area contributed by atoms with Crippen LogP contribution in [-0.4, -0.2) is 26.4 Å². The Morgan fingerprint density at radius 1 is 1.30 bits per heavy atom. The minimum absolute atomic E-state index is 0.423. The molecule has 2 atom stereocenters. The van der Waals surface area contributed by atoms with E-state index in [1.54, 1.807) is 0 Å². The second-order valence-corrected chi connectivity index (χ2v) is 5.49. The molecule has 0 bridgehead atoms. The Morgan fingerprint density at radius 3 is 2.70 bits per heavy atom. The topological polar surface area (TPSA) is 30.5 Å². The van der Waals surface area contributed by atoms with Gasteiger partial charge in [-0.1, -0.05) is 26.0 Å². The van der Waals surface area contributed by atoms with Crippen molar-refractivity contribution >= 4 is 0 Å². The van der Waals surface area contributed by atoms with Gasteiger partial charge in [0.2, 0.25) is 0 Å². The molecule has 0 aliphatic carbocycles. The summed E-state index contributed by atoms with van der Waals surface area (Å²) in [7, 11) is 0. The summed E-state index contributed by atoms with van der Waals surface area (Å²) in [5.41, 5.74) is 1.35. The van der Waals surface area contributed by atoms with Gasteiger partial charge < -0.3 is 14.8 Å². The van der Waals surface area contributed by atoms with Crippen LogP contribution < -0.4 is 10.1 Å². The van der Waals surface area contributed by atoms with Crippen molar-refractivity contribution in [3.05, 3.63) is 29.8 Å². The van der Waals surface area contributed by atoms with Gasteiger partial charge in [-0.3, -0.25) is 0 Å². The van der Waals surface area contributed by atoms with E-state index < -0.39 is 0 Å². The van der Waals surface area contributed by atoms with E-state index in [-0.39, 0.29) is 0 Å². The Bertz CT molecular complexity index is 371. The van der Waals surface area contributed by atoms with Crippen LogP contribution >= 0.6 is 0 Å². The first-order chi connectivity index (χ1) is 9.83. The van der Waals surface area contributed by atoms with Gasteiger partial charge in [0, 0.05) is 19.3 Å². The van der Waals surface area contributed by atoms with Crippen LogP contribution in [0.2, 0.25) is 0 Å². The molecule has 3 heteroatoms. The van der Waals surface area contributed by atoms with Crippen LogP contribution in [0.15, 0.2) is 24.3 Å². The molecule has 2 unspecified atom stereocenters. The van der Waals surface area contributed by atoms with Gasteiger partial charge >= 0.3 is 0 Å². The molecule has 2 rings (SSSR count). The van der Waals surface area contributed by atoms with Crippen LogP contribution in [0.4, 0.5) is 0 Å². The number of rotatable bonds is 8. The first-order valence-electron chi connectivity index (χ1n) is 7.87. The average Bonchev–Trinajstić information content (AvgIpc) is 2.98. The normalized spacial score (nSPS) is 20.0. The molecule has 1 N–H and O–H groups in total. The standard InChI is InChI=1S/C17H27NO2/c1-3-10-20-16-7-5-15(6-8-16)17(18-4-2)12-14-9-11-19-13-14/h5-8,14,17-18H,3-4,9-13H2,1-2H3. The van der Waals surface area contributed by atoms with E-state index in [0.29, 0.717) is 12.0 Å². The lowest BCUT2D eigenvalue weighted by atomic mass is 9.94. The van der Waals surface area contributed by atoms with Gasteiger partial charge in [-0.05, 0) is 49.4 Å². The van der Waals surface area contributed by atoms with E-state index in [1.807, 2.05) is 0 Å². The van der Waals surface area contributed by atoms with Crippen molar-refractivity contribution < 1.29 is 9.47 Å². The molecule has 1 aliphatic heterocycles. The highest BCUT2D eigenvalue weighted by Gasteiger charge is 2.21. The van der Waals surface area contributed by atoms with Crippen LogP contribution in [0.3, 0.4) is 0 Å². The summed E-state index contributed by atoms with van der Waals surface area (Å²) in [5, 5.41) is 3.59. The maximum atomic E-state index is 5.64. The van der Waals surface area contributed by atoms with E-state index in [2.05, 4.69) is 43.4 Å². The van der Waals surface area contributed by atoms with Crippen LogP contribution in [-0.2, 0) is 4.74 Å². The fourth-order valence-electron chi connectivity index (χ4n) is 2.70. The van der Waals surface area contributed by atoms with Gasteiger partial charge in [0.1, 0.15) is 5.75 Å². The summed E-state index contributed by atoms with van der Waals surface area (Å²) >= 11 is 0. The average molecular weight is 277 g/mol. The first kappa shape index (κ1) is 15.3. The minimum Gasteiger partial charge on any atom is -0.494 e. The third kappa shape index (κ3) is 4.50. The maximum absolute atomic E-state index is 5.64.